The molecule has 0 aliphatic carbocycles. The number of benzene rings is 2. The van der Waals surface area contributed by atoms with Gasteiger partial charge in [-0.25, -0.2) is 0 Å². The van der Waals surface area contributed by atoms with Gasteiger partial charge in [0, 0.05) is 33.3 Å². The van der Waals surface area contributed by atoms with Crippen LogP contribution in [0.1, 0.15) is 28.6 Å². The van der Waals surface area contributed by atoms with Crippen LogP contribution in [-0.4, -0.2) is 12.5 Å². The number of fused-ring (bicyclic) bond motifs is 3. The summed E-state index contributed by atoms with van der Waals surface area (Å²) in [5.74, 6) is 0.911. The van der Waals surface area contributed by atoms with Gasteiger partial charge in [0.15, 0.2) is 0 Å². The monoisotopic (exact) mass is 433 g/mol. The van der Waals surface area contributed by atoms with Gasteiger partial charge in [-0.15, -0.1) is 23.1 Å². The molecule has 1 aromatic heterocycles. The maximum atomic E-state index is 13.3. The minimum absolute atomic E-state index is 0.0112. The molecule has 0 saturated heterocycles. The number of thioether (sulfide) groups is 1. The van der Waals surface area contributed by atoms with Crippen LogP contribution in [0, 0.1) is 0 Å². The number of carbonyl (C=O) groups excluding carboxylic acids is 1. The van der Waals surface area contributed by atoms with Gasteiger partial charge in [0.05, 0.1) is 14.9 Å². The van der Waals surface area contributed by atoms with Gasteiger partial charge >= 0.3 is 0 Å². The van der Waals surface area contributed by atoms with E-state index in [0.717, 1.165) is 22.7 Å². The van der Waals surface area contributed by atoms with Crippen LogP contribution in [-0.2, 0) is 5.75 Å². The van der Waals surface area contributed by atoms with E-state index in [1.54, 1.807) is 28.4 Å². The minimum atomic E-state index is 0.0112. The van der Waals surface area contributed by atoms with Crippen molar-refractivity contribution >= 4 is 57.9 Å². The zero-order chi connectivity index (χ0) is 19.0. The second kappa shape index (κ2) is 7.88. The molecule has 0 radical (unpaired) electrons. The number of carbonyl (C=O) groups is 1. The topological polar surface area (TPSA) is 20.3 Å². The predicted octanol–water partition coefficient (Wildman–Crippen LogP) is 7.38. The third-order valence-electron chi connectivity index (χ3n) is 4.44. The zero-order valence-electron chi connectivity index (χ0n) is 14.7. The molecule has 0 fully saturated rings. The summed E-state index contributed by atoms with van der Waals surface area (Å²) >= 11 is 15.6. The van der Waals surface area contributed by atoms with Crippen LogP contribution < -0.4 is 4.90 Å². The number of thiophene rings is 1. The number of hydrogen-bond acceptors (Lipinski definition) is 3. The van der Waals surface area contributed by atoms with E-state index >= 15 is 0 Å². The van der Waals surface area contributed by atoms with Crippen molar-refractivity contribution in [2.24, 2.45) is 0 Å². The Labute approximate surface area is 177 Å². The molecule has 2 nitrogen and oxygen atoms in total. The third-order valence-corrected chi connectivity index (χ3v) is 7.50. The quantitative estimate of drug-likeness (QED) is 0.427. The average Bonchev–Trinajstić information content (AvgIpc) is 3.13. The molecule has 0 saturated carbocycles. The van der Waals surface area contributed by atoms with E-state index in [0.29, 0.717) is 16.6 Å². The van der Waals surface area contributed by atoms with Crippen molar-refractivity contribution < 1.29 is 4.79 Å². The molecular formula is C21H17Cl2NOS2. The van der Waals surface area contributed by atoms with Gasteiger partial charge in [0.2, 0.25) is 0 Å². The van der Waals surface area contributed by atoms with Crippen LogP contribution in [0.2, 0.25) is 10.0 Å². The van der Waals surface area contributed by atoms with Crippen LogP contribution >= 0.6 is 46.3 Å². The highest BCUT2D eigenvalue weighted by molar-refractivity contribution is 7.98. The minimum Gasteiger partial charge on any atom is -0.308 e. The Balaban J connectivity index is 1.71. The molecule has 4 rings (SSSR count). The molecule has 0 unspecified atom stereocenters. The molecule has 1 aliphatic rings. The maximum absolute atomic E-state index is 13.3. The van der Waals surface area contributed by atoms with Crippen LogP contribution in [0.4, 0.5) is 5.69 Å². The van der Waals surface area contributed by atoms with Crippen LogP contribution in [0.15, 0.2) is 53.4 Å². The van der Waals surface area contributed by atoms with Crippen molar-refractivity contribution in [3.8, 4) is 10.4 Å². The van der Waals surface area contributed by atoms with Crippen molar-refractivity contribution in [2.75, 3.05) is 11.4 Å². The molecule has 0 bridgehead atoms. The van der Waals surface area contributed by atoms with E-state index in [4.69, 9.17) is 23.2 Å². The lowest BCUT2D eigenvalue weighted by Gasteiger charge is -2.22. The van der Waals surface area contributed by atoms with Gasteiger partial charge in [0.25, 0.3) is 5.91 Å². The normalized spacial score (nSPS) is 12.4. The number of anilines is 1. The molecule has 6 heteroatoms. The first-order chi connectivity index (χ1) is 13.1. The Morgan fingerprint density at radius 1 is 1.11 bits per heavy atom. The highest BCUT2D eigenvalue weighted by Crippen LogP contribution is 2.45. The molecule has 0 spiro atoms. The number of halogens is 2. The molecular weight excluding hydrogens is 417 g/mol. The van der Waals surface area contributed by atoms with E-state index < -0.39 is 0 Å². The SMILES string of the molecule is CCCN(C(=O)c1cc2c(s1)-c1ccccc1SC2)c1ccc(Cl)c(Cl)c1. The van der Waals surface area contributed by atoms with Crippen molar-refractivity contribution in [1.29, 1.82) is 0 Å². The van der Waals surface area contributed by atoms with Gasteiger partial charge < -0.3 is 4.90 Å². The first-order valence-corrected chi connectivity index (χ1v) is 11.3. The second-order valence-electron chi connectivity index (χ2n) is 6.31. The summed E-state index contributed by atoms with van der Waals surface area (Å²) in [4.78, 5) is 18.4. The maximum Gasteiger partial charge on any atom is 0.268 e. The summed E-state index contributed by atoms with van der Waals surface area (Å²) in [5, 5.41) is 0.948. The van der Waals surface area contributed by atoms with Crippen molar-refractivity contribution in [3.05, 3.63) is 69.0 Å². The lowest BCUT2D eigenvalue weighted by atomic mass is 10.1. The summed E-state index contributed by atoms with van der Waals surface area (Å²) in [6.07, 6.45) is 0.857. The van der Waals surface area contributed by atoms with Gasteiger partial charge in [-0.1, -0.05) is 48.3 Å². The van der Waals surface area contributed by atoms with E-state index in [1.165, 1.54) is 20.9 Å². The standard InChI is InChI=1S/C21H17Cl2NOS2/c1-2-9-24(14-7-8-16(22)17(23)11-14)21(25)19-10-13-12-26-18-6-4-3-5-15(18)20(13)27-19/h3-8,10-11H,2,9,12H2,1H3. The zero-order valence-corrected chi connectivity index (χ0v) is 17.8. The molecule has 2 heterocycles. The number of hydrogen-bond donors (Lipinski definition) is 0. The van der Waals surface area contributed by atoms with Crippen LogP contribution in [0.5, 0.6) is 0 Å². The van der Waals surface area contributed by atoms with Gasteiger partial charge in [-0.3, -0.25) is 4.79 Å². The molecule has 0 atom stereocenters. The highest BCUT2D eigenvalue weighted by atomic mass is 35.5. The fraction of sp³-hybridized carbons (Fsp3) is 0.190. The summed E-state index contributed by atoms with van der Waals surface area (Å²) in [7, 11) is 0. The molecule has 1 aliphatic heterocycles. The summed E-state index contributed by atoms with van der Waals surface area (Å²) < 4.78 is 0. The smallest absolute Gasteiger partial charge is 0.268 e. The molecule has 0 N–H and O–H groups in total. The first-order valence-electron chi connectivity index (χ1n) is 8.70. The Hall–Kier alpha value is -1.46. The van der Waals surface area contributed by atoms with Gasteiger partial charge in [-0.2, -0.15) is 0 Å². The van der Waals surface area contributed by atoms with Crippen molar-refractivity contribution in [3.63, 3.8) is 0 Å². The number of rotatable bonds is 4. The largest absolute Gasteiger partial charge is 0.308 e. The fourth-order valence-electron chi connectivity index (χ4n) is 3.16. The molecule has 3 aromatic rings. The lowest BCUT2D eigenvalue weighted by molar-refractivity contribution is 0.0990. The van der Waals surface area contributed by atoms with E-state index in [9.17, 15) is 4.79 Å². The predicted molar refractivity (Wildman–Crippen MR) is 118 cm³/mol. The second-order valence-corrected chi connectivity index (χ2v) is 9.19. The van der Waals surface area contributed by atoms with Crippen LogP contribution in [0.25, 0.3) is 10.4 Å². The van der Waals surface area contributed by atoms with Gasteiger partial charge in [-0.05, 0) is 42.3 Å². The molecule has 1 amide bonds. The number of amides is 1. The first kappa shape index (κ1) is 18.9. The van der Waals surface area contributed by atoms with Gasteiger partial charge in [0.1, 0.15) is 0 Å². The third kappa shape index (κ3) is 3.64. The summed E-state index contributed by atoms with van der Waals surface area (Å²) in [5.41, 5.74) is 3.24. The average molecular weight is 434 g/mol. The highest BCUT2D eigenvalue weighted by Gasteiger charge is 2.25. The number of nitrogens with zero attached hydrogens (tertiary/aromatic N) is 1. The van der Waals surface area contributed by atoms with Crippen LogP contribution in [0.3, 0.4) is 0 Å². The lowest BCUT2D eigenvalue weighted by Crippen LogP contribution is -2.31. The van der Waals surface area contributed by atoms with Crippen molar-refractivity contribution in [1.82, 2.24) is 0 Å². The molecule has 138 valence electrons. The summed E-state index contributed by atoms with van der Waals surface area (Å²) in [6.45, 7) is 2.69. The fourth-order valence-corrected chi connectivity index (χ4v) is 5.82. The van der Waals surface area contributed by atoms with E-state index in [1.807, 2.05) is 23.9 Å². The Kier molecular flexibility index (Phi) is 5.51. The molecule has 2 aromatic carbocycles. The molecule has 27 heavy (non-hydrogen) atoms. The Morgan fingerprint density at radius 2 is 1.93 bits per heavy atom. The Morgan fingerprint density at radius 3 is 2.70 bits per heavy atom. The Bertz CT molecular complexity index is 1020. The van der Waals surface area contributed by atoms with Crippen molar-refractivity contribution in [2.45, 2.75) is 24.0 Å². The van der Waals surface area contributed by atoms with E-state index in [-0.39, 0.29) is 5.91 Å². The summed E-state index contributed by atoms with van der Waals surface area (Å²) in [6, 6.07) is 15.8. The van der Waals surface area contributed by atoms with E-state index in [2.05, 4.69) is 31.2 Å².